The molecule has 0 unspecified atom stereocenters. The zero-order valence-corrected chi connectivity index (χ0v) is 12.1. The minimum Gasteiger partial charge on any atom is -0.494 e. The molecule has 0 bridgehead atoms. The first-order valence-electron chi connectivity index (χ1n) is 6.45. The van der Waals surface area contributed by atoms with Crippen LogP contribution in [0.1, 0.15) is 23.2 Å². The quantitative estimate of drug-likeness (QED) is 0.770. The number of hydrogen-bond acceptors (Lipinski definition) is 4. The second-order valence-corrected chi connectivity index (χ2v) is 5.20. The molecule has 5 nitrogen and oxygen atoms in total. The molecule has 0 aliphatic rings. The van der Waals surface area contributed by atoms with E-state index in [4.69, 9.17) is 9.84 Å². The van der Waals surface area contributed by atoms with E-state index in [1.807, 2.05) is 30.3 Å². The molecule has 0 atom stereocenters. The number of amides is 1. The molecule has 1 heterocycles. The van der Waals surface area contributed by atoms with Crippen LogP contribution in [0.5, 0.6) is 5.75 Å². The lowest BCUT2D eigenvalue weighted by molar-refractivity contribution is -0.116. The van der Waals surface area contributed by atoms with Crippen LogP contribution in [0, 0.1) is 0 Å². The summed E-state index contributed by atoms with van der Waals surface area (Å²) in [4.78, 5) is 22.7. The van der Waals surface area contributed by atoms with Gasteiger partial charge < -0.3 is 15.2 Å². The van der Waals surface area contributed by atoms with Gasteiger partial charge in [0, 0.05) is 6.42 Å². The Morgan fingerprint density at radius 3 is 2.67 bits per heavy atom. The summed E-state index contributed by atoms with van der Waals surface area (Å²) in [6.07, 6.45) is 0.846. The maximum absolute atomic E-state index is 11.7. The molecule has 0 fully saturated rings. The van der Waals surface area contributed by atoms with Crippen molar-refractivity contribution in [3.05, 3.63) is 47.3 Å². The molecule has 21 heavy (non-hydrogen) atoms. The van der Waals surface area contributed by atoms with E-state index in [-0.39, 0.29) is 17.9 Å². The van der Waals surface area contributed by atoms with E-state index >= 15 is 0 Å². The van der Waals surface area contributed by atoms with Gasteiger partial charge >= 0.3 is 5.97 Å². The number of nitrogens with one attached hydrogen (secondary N) is 1. The molecule has 1 amide bonds. The fraction of sp³-hybridized carbons (Fsp3) is 0.200. The van der Waals surface area contributed by atoms with Gasteiger partial charge in [0.2, 0.25) is 5.91 Å². The number of carboxylic acid groups (broad SMARTS) is 1. The van der Waals surface area contributed by atoms with Crippen molar-refractivity contribution in [3.8, 4) is 5.75 Å². The number of para-hydroxylation sites is 1. The Labute approximate surface area is 126 Å². The van der Waals surface area contributed by atoms with E-state index in [1.165, 1.54) is 17.4 Å². The molecule has 1 aromatic heterocycles. The van der Waals surface area contributed by atoms with Crippen molar-refractivity contribution >= 4 is 28.2 Å². The molecule has 2 N–H and O–H groups in total. The largest absolute Gasteiger partial charge is 0.494 e. The second kappa shape index (κ2) is 7.44. The number of carboxylic acids is 1. The predicted molar refractivity (Wildman–Crippen MR) is 81.1 cm³/mol. The van der Waals surface area contributed by atoms with Crippen LogP contribution in [0.4, 0.5) is 5.00 Å². The Kier molecular flexibility index (Phi) is 5.34. The molecule has 0 radical (unpaired) electrons. The van der Waals surface area contributed by atoms with E-state index in [0.717, 1.165) is 5.75 Å². The number of carbonyl (C=O) groups is 2. The van der Waals surface area contributed by atoms with Crippen molar-refractivity contribution in [2.24, 2.45) is 0 Å². The van der Waals surface area contributed by atoms with E-state index in [9.17, 15) is 9.59 Å². The van der Waals surface area contributed by atoms with Gasteiger partial charge in [-0.15, -0.1) is 11.3 Å². The van der Waals surface area contributed by atoms with E-state index in [2.05, 4.69) is 5.32 Å². The summed E-state index contributed by atoms with van der Waals surface area (Å²) in [6, 6.07) is 10.8. The van der Waals surface area contributed by atoms with Crippen LogP contribution in [0.2, 0.25) is 0 Å². The number of anilines is 1. The fourth-order valence-corrected chi connectivity index (χ4v) is 2.50. The molecule has 0 aliphatic heterocycles. The Bertz CT molecular complexity index is 609. The maximum atomic E-state index is 11.7. The van der Waals surface area contributed by atoms with Crippen molar-refractivity contribution in [1.82, 2.24) is 0 Å². The van der Waals surface area contributed by atoms with Crippen molar-refractivity contribution in [3.63, 3.8) is 0 Å². The topological polar surface area (TPSA) is 75.6 Å². The highest BCUT2D eigenvalue weighted by atomic mass is 32.1. The highest BCUT2D eigenvalue weighted by Crippen LogP contribution is 2.23. The normalized spacial score (nSPS) is 10.1. The number of thiophene rings is 1. The Hall–Kier alpha value is -2.34. The molecular formula is C15H15NO4S. The molecule has 110 valence electrons. The maximum Gasteiger partial charge on any atom is 0.338 e. The third kappa shape index (κ3) is 4.61. The number of ether oxygens (including phenoxy) is 1. The molecular weight excluding hydrogens is 290 g/mol. The number of hydrogen-bond donors (Lipinski definition) is 2. The SMILES string of the molecule is O=C(CCCOc1ccccc1)Nc1sccc1C(=O)O. The minimum atomic E-state index is -1.04. The van der Waals surface area contributed by atoms with Crippen molar-refractivity contribution in [1.29, 1.82) is 0 Å². The van der Waals surface area contributed by atoms with Crippen LogP contribution in [-0.2, 0) is 4.79 Å². The van der Waals surface area contributed by atoms with Gasteiger partial charge in [-0.2, -0.15) is 0 Å². The first-order valence-corrected chi connectivity index (χ1v) is 7.33. The smallest absolute Gasteiger partial charge is 0.338 e. The first-order chi connectivity index (χ1) is 10.2. The van der Waals surface area contributed by atoms with E-state index < -0.39 is 5.97 Å². The average Bonchev–Trinajstić information content (AvgIpc) is 2.93. The first kappa shape index (κ1) is 15.1. The van der Waals surface area contributed by atoms with Crippen LogP contribution in [0.15, 0.2) is 41.8 Å². The zero-order valence-electron chi connectivity index (χ0n) is 11.2. The average molecular weight is 305 g/mol. The summed E-state index contributed by atoms with van der Waals surface area (Å²) in [5, 5.41) is 13.6. The lowest BCUT2D eigenvalue weighted by atomic mass is 10.3. The van der Waals surface area contributed by atoms with E-state index in [0.29, 0.717) is 18.0 Å². The van der Waals surface area contributed by atoms with Crippen molar-refractivity contribution < 1.29 is 19.4 Å². The number of carbonyl (C=O) groups excluding carboxylic acids is 1. The molecule has 2 aromatic rings. The van der Waals surface area contributed by atoms with Gasteiger partial charge in [0.15, 0.2) is 0 Å². The lowest BCUT2D eigenvalue weighted by Gasteiger charge is -2.06. The molecule has 1 aromatic carbocycles. The molecule has 0 saturated carbocycles. The van der Waals surface area contributed by atoms with Crippen molar-refractivity contribution in [2.45, 2.75) is 12.8 Å². The highest BCUT2D eigenvalue weighted by Gasteiger charge is 2.13. The summed E-state index contributed by atoms with van der Waals surface area (Å²) < 4.78 is 5.48. The minimum absolute atomic E-state index is 0.119. The number of benzene rings is 1. The van der Waals surface area contributed by atoms with Crippen LogP contribution < -0.4 is 10.1 Å². The summed E-state index contributed by atoms with van der Waals surface area (Å²) in [5.41, 5.74) is 0.119. The Morgan fingerprint density at radius 2 is 1.95 bits per heavy atom. The summed E-state index contributed by atoms with van der Waals surface area (Å²) in [5.74, 6) is -0.486. The number of rotatable bonds is 7. The van der Waals surface area contributed by atoms with Gasteiger partial charge in [0.1, 0.15) is 10.8 Å². The monoisotopic (exact) mass is 305 g/mol. The molecule has 0 aliphatic carbocycles. The van der Waals surface area contributed by atoms with Gasteiger partial charge in [-0.25, -0.2) is 4.79 Å². The van der Waals surface area contributed by atoms with Crippen LogP contribution in [0.3, 0.4) is 0 Å². The van der Waals surface area contributed by atoms with Gasteiger partial charge in [0.25, 0.3) is 0 Å². The van der Waals surface area contributed by atoms with Crippen LogP contribution in [0.25, 0.3) is 0 Å². The van der Waals surface area contributed by atoms with Gasteiger partial charge in [-0.05, 0) is 30.0 Å². The third-order valence-electron chi connectivity index (χ3n) is 2.71. The summed E-state index contributed by atoms with van der Waals surface area (Å²) in [6.45, 7) is 0.438. The standard InChI is InChI=1S/C15H15NO4S/c17-13(16-14-12(15(18)19)8-10-21-14)7-4-9-20-11-5-2-1-3-6-11/h1-3,5-6,8,10H,4,7,9H2,(H,16,17)(H,18,19). The Morgan fingerprint density at radius 1 is 1.19 bits per heavy atom. The number of aromatic carboxylic acids is 1. The molecule has 0 spiro atoms. The summed E-state index contributed by atoms with van der Waals surface area (Å²) >= 11 is 1.20. The van der Waals surface area contributed by atoms with Crippen molar-refractivity contribution in [2.75, 3.05) is 11.9 Å². The highest BCUT2D eigenvalue weighted by molar-refractivity contribution is 7.14. The predicted octanol–water partition coefficient (Wildman–Crippen LogP) is 3.24. The molecule has 6 heteroatoms. The molecule has 0 saturated heterocycles. The van der Waals surface area contributed by atoms with Gasteiger partial charge in [-0.1, -0.05) is 18.2 Å². The lowest BCUT2D eigenvalue weighted by Crippen LogP contribution is -2.13. The molecule has 2 rings (SSSR count). The van der Waals surface area contributed by atoms with Gasteiger partial charge in [0.05, 0.1) is 12.2 Å². The summed E-state index contributed by atoms with van der Waals surface area (Å²) in [7, 11) is 0. The van der Waals surface area contributed by atoms with Gasteiger partial charge in [-0.3, -0.25) is 4.79 Å². The van der Waals surface area contributed by atoms with Crippen LogP contribution in [-0.4, -0.2) is 23.6 Å². The fourth-order valence-electron chi connectivity index (χ4n) is 1.70. The van der Waals surface area contributed by atoms with Crippen LogP contribution >= 0.6 is 11.3 Å². The van der Waals surface area contributed by atoms with E-state index in [1.54, 1.807) is 5.38 Å². The zero-order chi connectivity index (χ0) is 15.1. The Balaban J connectivity index is 1.73. The second-order valence-electron chi connectivity index (χ2n) is 4.28. The third-order valence-corrected chi connectivity index (χ3v) is 3.54.